The van der Waals surface area contributed by atoms with Crippen LogP contribution < -0.4 is 27.4 Å². The Morgan fingerprint density at radius 2 is 1.71 bits per heavy atom. The van der Waals surface area contributed by atoms with Gasteiger partial charge in [0.1, 0.15) is 18.1 Å². The second-order valence-electron chi connectivity index (χ2n) is 8.03. The highest BCUT2D eigenvalue weighted by Crippen LogP contribution is 2.06. The molecule has 0 bridgehead atoms. The predicted octanol–water partition coefficient (Wildman–Crippen LogP) is -1.90. The van der Waals surface area contributed by atoms with Crippen LogP contribution in [0.4, 0.5) is 0 Å². The van der Waals surface area contributed by atoms with Crippen LogP contribution in [0.2, 0.25) is 0 Å². The van der Waals surface area contributed by atoms with Gasteiger partial charge in [-0.05, 0) is 24.3 Å². The first-order chi connectivity index (χ1) is 16.0. The number of thioether (sulfide) groups is 1. The summed E-state index contributed by atoms with van der Waals surface area (Å²) in [7, 11) is 0. The van der Waals surface area contributed by atoms with Gasteiger partial charge in [0.15, 0.2) is 0 Å². The molecule has 1 aromatic rings. The number of nitrogens with zero attached hydrogens (tertiary/aromatic N) is 1. The quantitative estimate of drug-likeness (QED) is 0.143. The van der Waals surface area contributed by atoms with E-state index in [1.807, 2.05) is 6.26 Å². The van der Waals surface area contributed by atoms with E-state index >= 15 is 0 Å². The van der Waals surface area contributed by atoms with Crippen LogP contribution >= 0.6 is 11.8 Å². The Kier molecular flexibility index (Phi) is 12.1. The molecule has 0 aliphatic rings. The van der Waals surface area contributed by atoms with Crippen molar-refractivity contribution in [3.63, 3.8) is 0 Å². The van der Waals surface area contributed by atoms with E-state index in [2.05, 4.69) is 25.9 Å². The molecule has 0 aliphatic carbocycles. The number of H-pyrrole nitrogens is 1. The summed E-state index contributed by atoms with van der Waals surface area (Å²) in [6.07, 6.45) is 4.56. The third kappa shape index (κ3) is 9.79. The fourth-order valence-electron chi connectivity index (χ4n) is 2.93. The summed E-state index contributed by atoms with van der Waals surface area (Å²) < 4.78 is 0. The number of hydrogen-bond acceptors (Lipinski definition) is 8. The SMILES string of the molecule is CSCCC(N)C(=O)NC(Cc1cnc[nH]1)C(=O)NC(CC(N)=O)C(=O)NC(C(=O)O)C(C)C. The van der Waals surface area contributed by atoms with Crippen LogP contribution in [-0.4, -0.2) is 80.8 Å². The van der Waals surface area contributed by atoms with Crippen molar-refractivity contribution in [1.82, 2.24) is 25.9 Å². The number of amides is 4. The molecule has 0 fully saturated rings. The van der Waals surface area contributed by atoms with Gasteiger partial charge in [-0.3, -0.25) is 19.2 Å². The molecule has 0 aromatic carbocycles. The van der Waals surface area contributed by atoms with E-state index in [0.29, 0.717) is 17.9 Å². The number of aliphatic carboxylic acids is 1. The van der Waals surface area contributed by atoms with Crippen molar-refractivity contribution in [2.45, 2.75) is 57.3 Å². The number of rotatable bonds is 15. The van der Waals surface area contributed by atoms with Crippen molar-refractivity contribution in [3.05, 3.63) is 18.2 Å². The van der Waals surface area contributed by atoms with E-state index in [1.165, 1.54) is 24.3 Å². The molecule has 0 saturated heterocycles. The number of primary amides is 1. The Morgan fingerprint density at radius 1 is 1.09 bits per heavy atom. The molecule has 4 atom stereocenters. The van der Waals surface area contributed by atoms with E-state index in [9.17, 15) is 29.1 Å². The Morgan fingerprint density at radius 3 is 2.21 bits per heavy atom. The molecule has 1 aromatic heterocycles. The first kappa shape index (κ1) is 28.9. The zero-order valence-corrected chi connectivity index (χ0v) is 20.2. The van der Waals surface area contributed by atoms with Crippen molar-refractivity contribution < 1.29 is 29.1 Å². The maximum absolute atomic E-state index is 13.0. The zero-order valence-electron chi connectivity index (χ0n) is 19.4. The van der Waals surface area contributed by atoms with Crippen LogP contribution in [0.5, 0.6) is 0 Å². The van der Waals surface area contributed by atoms with Gasteiger partial charge < -0.3 is 37.5 Å². The Hall–Kier alpha value is -3.13. The molecule has 4 amide bonds. The summed E-state index contributed by atoms with van der Waals surface area (Å²) in [5, 5.41) is 16.6. The van der Waals surface area contributed by atoms with Gasteiger partial charge in [0.2, 0.25) is 23.6 Å². The summed E-state index contributed by atoms with van der Waals surface area (Å²) in [5.41, 5.74) is 11.6. The Labute approximate surface area is 201 Å². The second kappa shape index (κ2) is 14.2. The number of carbonyl (C=O) groups is 5. The van der Waals surface area contributed by atoms with Gasteiger partial charge in [-0.2, -0.15) is 11.8 Å². The monoisotopic (exact) mass is 499 g/mol. The number of hydrogen-bond donors (Lipinski definition) is 7. The van der Waals surface area contributed by atoms with Crippen molar-refractivity contribution in [1.29, 1.82) is 0 Å². The van der Waals surface area contributed by atoms with Crippen molar-refractivity contribution in [3.8, 4) is 0 Å². The number of aromatic nitrogens is 2. The fraction of sp³-hybridized carbons (Fsp3) is 0.600. The van der Waals surface area contributed by atoms with Gasteiger partial charge in [0.25, 0.3) is 0 Å². The number of carboxylic acids is 1. The van der Waals surface area contributed by atoms with E-state index < -0.39 is 66.1 Å². The minimum Gasteiger partial charge on any atom is -0.480 e. The third-order valence-electron chi connectivity index (χ3n) is 4.85. The number of nitrogens with one attached hydrogen (secondary N) is 4. The highest BCUT2D eigenvalue weighted by atomic mass is 32.2. The zero-order chi connectivity index (χ0) is 25.8. The first-order valence-corrected chi connectivity index (χ1v) is 12.0. The van der Waals surface area contributed by atoms with Crippen LogP contribution in [-0.2, 0) is 30.4 Å². The molecule has 13 nitrogen and oxygen atoms in total. The van der Waals surface area contributed by atoms with Crippen LogP contribution in [0.25, 0.3) is 0 Å². The lowest BCUT2D eigenvalue weighted by Crippen LogP contribution is -2.58. The summed E-state index contributed by atoms with van der Waals surface area (Å²) in [6.45, 7) is 3.19. The van der Waals surface area contributed by atoms with Gasteiger partial charge in [-0.25, -0.2) is 9.78 Å². The van der Waals surface area contributed by atoms with E-state index in [-0.39, 0.29) is 6.42 Å². The molecule has 0 radical (unpaired) electrons. The average molecular weight is 500 g/mol. The minimum absolute atomic E-state index is 0.00146. The number of carbonyl (C=O) groups excluding carboxylic acids is 4. The first-order valence-electron chi connectivity index (χ1n) is 10.6. The molecule has 1 heterocycles. The topological polar surface area (TPSA) is 222 Å². The smallest absolute Gasteiger partial charge is 0.326 e. The number of nitrogens with two attached hydrogens (primary N) is 2. The lowest BCUT2D eigenvalue weighted by molar-refractivity contribution is -0.143. The molecule has 14 heteroatoms. The summed E-state index contributed by atoms with van der Waals surface area (Å²) in [5.74, 6) is -4.19. The lowest BCUT2D eigenvalue weighted by Gasteiger charge is -2.25. The molecule has 0 aliphatic heterocycles. The van der Waals surface area contributed by atoms with Gasteiger partial charge in [0, 0.05) is 18.3 Å². The van der Waals surface area contributed by atoms with Gasteiger partial charge in [-0.15, -0.1) is 0 Å². The van der Waals surface area contributed by atoms with E-state index in [4.69, 9.17) is 11.5 Å². The highest BCUT2D eigenvalue weighted by molar-refractivity contribution is 7.98. The fourth-order valence-corrected chi connectivity index (χ4v) is 3.42. The van der Waals surface area contributed by atoms with Gasteiger partial charge in [0.05, 0.1) is 18.8 Å². The molecular weight excluding hydrogens is 466 g/mol. The Bertz CT molecular complexity index is 848. The number of carboxylic acid groups (broad SMARTS) is 1. The third-order valence-corrected chi connectivity index (χ3v) is 5.49. The molecular formula is C20H33N7O6S. The maximum atomic E-state index is 13.0. The van der Waals surface area contributed by atoms with Crippen molar-refractivity contribution >= 4 is 41.4 Å². The van der Waals surface area contributed by atoms with Crippen LogP contribution in [0, 0.1) is 5.92 Å². The summed E-state index contributed by atoms with van der Waals surface area (Å²) in [4.78, 5) is 67.9. The Balaban J connectivity index is 3.04. The molecule has 9 N–H and O–H groups in total. The lowest BCUT2D eigenvalue weighted by atomic mass is 10.0. The maximum Gasteiger partial charge on any atom is 0.326 e. The standard InChI is InChI=1S/C20H33N7O6S/c1-10(2)16(20(32)33)27-19(31)14(7-15(22)28)26-18(30)13(6-11-8-23-9-24-11)25-17(29)12(21)4-5-34-3/h8-10,12-14,16H,4-7,21H2,1-3H3,(H2,22,28)(H,23,24)(H,25,29)(H,26,30)(H,27,31)(H,32,33). The molecule has 4 unspecified atom stereocenters. The molecule has 1 rings (SSSR count). The van der Waals surface area contributed by atoms with Gasteiger partial charge in [-0.1, -0.05) is 13.8 Å². The van der Waals surface area contributed by atoms with Crippen LogP contribution in [0.1, 0.15) is 32.4 Å². The van der Waals surface area contributed by atoms with Crippen molar-refractivity contribution in [2.75, 3.05) is 12.0 Å². The van der Waals surface area contributed by atoms with E-state index in [1.54, 1.807) is 13.8 Å². The largest absolute Gasteiger partial charge is 0.480 e. The van der Waals surface area contributed by atoms with Crippen molar-refractivity contribution in [2.24, 2.45) is 17.4 Å². The van der Waals surface area contributed by atoms with Crippen LogP contribution in [0.3, 0.4) is 0 Å². The molecule has 190 valence electrons. The number of aromatic amines is 1. The minimum atomic E-state index is -1.45. The van der Waals surface area contributed by atoms with E-state index in [0.717, 1.165) is 0 Å². The van der Waals surface area contributed by atoms with Crippen LogP contribution in [0.15, 0.2) is 12.5 Å². The molecule has 0 saturated carbocycles. The molecule has 0 spiro atoms. The average Bonchev–Trinajstić information content (AvgIpc) is 3.26. The highest BCUT2D eigenvalue weighted by Gasteiger charge is 2.32. The summed E-state index contributed by atoms with van der Waals surface area (Å²) in [6, 6.07) is -4.69. The second-order valence-corrected chi connectivity index (χ2v) is 9.02. The van der Waals surface area contributed by atoms with Gasteiger partial charge >= 0.3 is 5.97 Å². The normalized spacial score (nSPS) is 14.5. The number of imidazole rings is 1. The predicted molar refractivity (Wildman–Crippen MR) is 125 cm³/mol. The summed E-state index contributed by atoms with van der Waals surface area (Å²) >= 11 is 1.52. The molecule has 34 heavy (non-hydrogen) atoms.